The summed E-state index contributed by atoms with van der Waals surface area (Å²) >= 11 is 0. The zero-order valence-electron chi connectivity index (χ0n) is 16.8. The number of hydrogen-bond donors (Lipinski definition) is 2. The van der Waals surface area contributed by atoms with Crippen LogP contribution < -0.4 is 4.74 Å². The van der Waals surface area contributed by atoms with Crippen molar-refractivity contribution in [3.05, 3.63) is 65.2 Å². The highest BCUT2D eigenvalue weighted by Gasteiger charge is 2.29. The first-order chi connectivity index (χ1) is 14.2. The van der Waals surface area contributed by atoms with Crippen LogP contribution in [0.25, 0.3) is 0 Å². The lowest BCUT2D eigenvalue weighted by molar-refractivity contribution is -0.143. The zero-order valence-corrected chi connectivity index (χ0v) is 16.8. The number of benzene rings is 2. The van der Waals surface area contributed by atoms with Gasteiger partial charge >= 0.3 is 12.1 Å². The van der Waals surface area contributed by atoms with Crippen LogP contribution in [0.15, 0.2) is 42.5 Å². The van der Waals surface area contributed by atoms with Crippen molar-refractivity contribution in [2.24, 2.45) is 5.92 Å². The molecule has 0 bridgehead atoms. The molecular formula is C22H25F2NO5. The van der Waals surface area contributed by atoms with Crippen molar-refractivity contribution in [2.45, 2.75) is 39.3 Å². The van der Waals surface area contributed by atoms with Gasteiger partial charge in [0.25, 0.3) is 0 Å². The van der Waals surface area contributed by atoms with Crippen molar-refractivity contribution < 1.29 is 33.3 Å². The van der Waals surface area contributed by atoms with Gasteiger partial charge in [-0.05, 0) is 54.2 Å². The Morgan fingerprint density at radius 2 is 1.70 bits per heavy atom. The Morgan fingerprint density at radius 1 is 1.03 bits per heavy atom. The second-order valence-corrected chi connectivity index (χ2v) is 7.42. The van der Waals surface area contributed by atoms with Crippen molar-refractivity contribution in [3.63, 3.8) is 0 Å². The van der Waals surface area contributed by atoms with Gasteiger partial charge in [0, 0.05) is 12.6 Å². The van der Waals surface area contributed by atoms with Gasteiger partial charge in [-0.2, -0.15) is 0 Å². The number of rotatable bonds is 10. The molecule has 2 N–H and O–H groups in total. The molecule has 1 amide bonds. The van der Waals surface area contributed by atoms with E-state index in [1.165, 1.54) is 12.1 Å². The van der Waals surface area contributed by atoms with Crippen LogP contribution in [-0.4, -0.2) is 39.8 Å². The normalized spacial score (nSPS) is 11.9. The highest BCUT2D eigenvalue weighted by atomic mass is 19.1. The molecule has 0 spiro atoms. The molecule has 0 radical (unpaired) electrons. The Bertz CT molecular complexity index is 867. The molecule has 1 unspecified atom stereocenters. The molecule has 2 rings (SSSR count). The Kier molecular flexibility index (Phi) is 8.15. The number of amides is 1. The monoisotopic (exact) mass is 421 g/mol. The third-order valence-corrected chi connectivity index (χ3v) is 4.47. The van der Waals surface area contributed by atoms with Crippen LogP contribution in [0, 0.1) is 17.6 Å². The third-order valence-electron chi connectivity index (χ3n) is 4.47. The summed E-state index contributed by atoms with van der Waals surface area (Å²) in [4.78, 5) is 24.1. The number of nitrogens with zero attached hydrogens (tertiary/aromatic N) is 1. The fourth-order valence-electron chi connectivity index (χ4n) is 3.09. The molecule has 30 heavy (non-hydrogen) atoms. The number of hydrogen-bond acceptors (Lipinski definition) is 3. The van der Waals surface area contributed by atoms with E-state index in [1.807, 2.05) is 13.8 Å². The van der Waals surface area contributed by atoms with E-state index in [0.29, 0.717) is 17.7 Å². The lowest BCUT2D eigenvalue weighted by atomic mass is 10.0. The van der Waals surface area contributed by atoms with Gasteiger partial charge in [-0.1, -0.05) is 26.0 Å². The zero-order chi connectivity index (χ0) is 22.3. The van der Waals surface area contributed by atoms with E-state index in [4.69, 9.17) is 4.74 Å². The van der Waals surface area contributed by atoms with Crippen molar-refractivity contribution >= 4 is 12.1 Å². The first-order valence-electron chi connectivity index (χ1n) is 9.54. The van der Waals surface area contributed by atoms with Gasteiger partial charge in [0.1, 0.15) is 30.0 Å². The quantitative estimate of drug-likeness (QED) is 0.587. The lowest BCUT2D eigenvalue weighted by Gasteiger charge is -2.27. The molecular weight excluding hydrogens is 396 g/mol. The minimum absolute atomic E-state index is 0.0115. The minimum Gasteiger partial charge on any atom is -0.489 e. The maximum atomic E-state index is 13.3. The average Bonchev–Trinajstić information content (AvgIpc) is 2.64. The van der Waals surface area contributed by atoms with Gasteiger partial charge in [-0.15, -0.1) is 0 Å². The molecule has 0 aliphatic carbocycles. The summed E-state index contributed by atoms with van der Waals surface area (Å²) in [5.41, 5.74) is 1.09. The number of carboxylic acid groups (broad SMARTS) is 2. The number of carboxylic acids is 1. The molecule has 6 nitrogen and oxygen atoms in total. The second kappa shape index (κ2) is 10.6. The van der Waals surface area contributed by atoms with Crippen molar-refractivity contribution in [2.75, 3.05) is 6.54 Å². The predicted molar refractivity (Wildman–Crippen MR) is 106 cm³/mol. The third kappa shape index (κ3) is 7.02. The highest BCUT2D eigenvalue weighted by molar-refractivity contribution is 5.79. The van der Waals surface area contributed by atoms with Crippen molar-refractivity contribution in [1.82, 2.24) is 4.90 Å². The number of ether oxygens (including phenoxy) is 1. The summed E-state index contributed by atoms with van der Waals surface area (Å²) in [6.45, 7) is 3.65. The molecule has 0 saturated heterocycles. The summed E-state index contributed by atoms with van der Waals surface area (Å²) in [6.07, 6.45) is -0.779. The number of carbonyl (C=O) groups is 2. The minimum atomic E-state index is -1.29. The van der Waals surface area contributed by atoms with Crippen LogP contribution >= 0.6 is 0 Å². The van der Waals surface area contributed by atoms with Crippen LogP contribution in [-0.2, 0) is 17.8 Å². The molecule has 8 heteroatoms. The van der Waals surface area contributed by atoms with Gasteiger partial charge in [-0.25, -0.2) is 18.4 Å². The Hall–Kier alpha value is -3.16. The van der Waals surface area contributed by atoms with Crippen molar-refractivity contribution in [1.29, 1.82) is 0 Å². The van der Waals surface area contributed by atoms with E-state index in [9.17, 15) is 28.6 Å². The SMILES string of the molecule is CC(C)CC(C(=O)O)N(CCc1cccc(OCc2cc(F)cc(F)c2)c1)C(=O)O. The van der Waals surface area contributed by atoms with E-state index in [1.54, 1.807) is 24.3 Å². The fraction of sp³-hybridized carbons (Fsp3) is 0.364. The second-order valence-electron chi connectivity index (χ2n) is 7.42. The molecule has 0 aliphatic heterocycles. The Balaban J connectivity index is 2.04. The first-order valence-corrected chi connectivity index (χ1v) is 9.54. The molecule has 2 aromatic carbocycles. The van der Waals surface area contributed by atoms with Crippen LogP contribution in [0.5, 0.6) is 5.75 Å². The molecule has 162 valence electrons. The van der Waals surface area contributed by atoms with Crippen LogP contribution in [0.3, 0.4) is 0 Å². The summed E-state index contributed by atoms with van der Waals surface area (Å²) in [6, 6.07) is 8.86. The van der Waals surface area contributed by atoms with Gasteiger partial charge in [0.15, 0.2) is 0 Å². The Morgan fingerprint density at radius 3 is 2.27 bits per heavy atom. The van der Waals surface area contributed by atoms with E-state index in [-0.39, 0.29) is 25.5 Å². The topological polar surface area (TPSA) is 87.1 Å². The summed E-state index contributed by atoms with van der Waals surface area (Å²) in [5, 5.41) is 18.9. The van der Waals surface area contributed by atoms with E-state index in [0.717, 1.165) is 16.5 Å². The van der Waals surface area contributed by atoms with Crippen LogP contribution in [0.4, 0.5) is 13.6 Å². The smallest absolute Gasteiger partial charge is 0.408 e. The first kappa shape index (κ1) is 23.1. The number of halogens is 2. The fourth-order valence-corrected chi connectivity index (χ4v) is 3.09. The standard InChI is InChI=1S/C22H25F2NO5/c1-14(2)8-20(21(26)27)25(22(28)29)7-6-15-4-3-5-19(11-15)30-13-16-9-17(23)12-18(24)10-16/h3-5,9-12,14,20H,6-8,13H2,1-2H3,(H,26,27)(H,28,29). The summed E-state index contributed by atoms with van der Waals surface area (Å²) < 4.78 is 32.1. The summed E-state index contributed by atoms with van der Waals surface area (Å²) in [5.74, 6) is -2.07. The van der Waals surface area contributed by atoms with E-state index < -0.39 is 29.7 Å². The molecule has 2 aromatic rings. The molecule has 0 saturated carbocycles. The number of aliphatic carboxylic acids is 1. The van der Waals surface area contributed by atoms with Gasteiger partial charge < -0.3 is 14.9 Å². The van der Waals surface area contributed by atoms with Gasteiger partial charge in [0.2, 0.25) is 0 Å². The highest BCUT2D eigenvalue weighted by Crippen LogP contribution is 2.18. The molecule has 1 atom stereocenters. The molecule has 0 aromatic heterocycles. The van der Waals surface area contributed by atoms with E-state index >= 15 is 0 Å². The van der Waals surface area contributed by atoms with Crippen LogP contribution in [0.1, 0.15) is 31.4 Å². The largest absolute Gasteiger partial charge is 0.489 e. The lowest BCUT2D eigenvalue weighted by Crippen LogP contribution is -2.46. The Labute approximate surface area is 173 Å². The molecule has 0 aliphatic rings. The maximum Gasteiger partial charge on any atom is 0.408 e. The average molecular weight is 421 g/mol. The maximum absolute atomic E-state index is 13.3. The van der Waals surface area contributed by atoms with E-state index in [2.05, 4.69) is 0 Å². The van der Waals surface area contributed by atoms with Gasteiger partial charge in [0.05, 0.1) is 0 Å². The molecule has 0 fully saturated rings. The van der Waals surface area contributed by atoms with Crippen LogP contribution in [0.2, 0.25) is 0 Å². The predicted octanol–water partition coefficient (Wildman–Crippen LogP) is 4.57. The summed E-state index contributed by atoms with van der Waals surface area (Å²) in [7, 11) is 0. The molecule has 0 heterocycles. The van der Waals surface area contributed by atoms with Gasteiger partial charge in [-0.3, -0.25) is 4.90 Å². The van der Waals surface area contributed by atoms with Crippen molar-refractivity contribution in [3.8, 4) is 5.75 Å².